The number of nitrogens with one attached hydrogen (secondary N) is 1. The van der Waals surface area contributed by atoms with Crippen LogP contribution in [0.15, 0.2) is 35.4 Å². The molecule has 0 radical (unpaired) electrons. The number of hydrazone groups is 1. The van der Waals surface area contributed by atoms with E-state index in [1.54, 1.807) is 7.05 Å². The summed E-state index contributed by atoms with van der Waals surface area (Å²) in [5, 5.41) is 4.20. The van der Waals surface area contributed by atoms with Crippen molar-refractivity contribution in [2.45, 2.75) is 0 Å². The van der Waals surface area contributed by atoms with Crippen LogP contribution in [0.4, 0.5) is 0 Å². The molecule has 15 heavy (non-hydrogen) atoms. The van der Waals surface area contributed by atoms with Crippen molar-refractivity contribution in [3.05, 3.63) is 35.9 Å². The highest BCUT2D eigenvalue weighted by atomic mass is 32.1. The fourth-order valence-electron chi connectivity index (χ4n) is 1.16. The molecule has 0 bridgehead atoms. The van der Waals surface area contributed by atoms with Gasteiger partial charge in [-0.1, -0.05) is 42.5 Å². The number of benzene rings is 1. The van der Waals surface area contributed by atoms with Crippen LogP contribution in [0, 0.1) is 0 Å². The van der Waals surface area contributed by atoms with Gasteiger partial charge in [0.1, 0.15) is 10.7 Å². The Hall–Kier alpha value is -1.42. The second kappa shape index (κ2) is 5.46. The maximum atomic E-state index is 5.30. The molecule has 1 N–H and O–H groups in total. The van der Waals surface area contributed by atoms with Gasteiger partial charge in [-0.2, -0.15) is 5.10 Å². The van der Waals surface area contributed by atoms with Gasteiger partial charge >= 0.3 is 0 Å². The fourth-order valence-corrected chi connectivity index (χ4v) is 1.32. The van der Waals surface area contributed by atoms with E-state index in [9.17, 15) is 0 Å². The Morgan fingerprint density at radius 2 is 1.87 bits per heavy atom. The molecule has 3 nitrogen and oxygen atoms in total. The number of thiocarbonyl (C=S) groups is 1. The van der Waals surface area contributed by atoms with E-state index in [1.807, 2.05) is 49.3 Å². The van der Waals surface area contributed by atoms with Gasteiger partial charge in [0, 0.05) is 26.7 Å². The summed E-state index contributed by atoms with van der Waals surface area (Å²) in [6.45, 7) is 0. The van der Waals surface area contributed by atoms with Crippen LogP contribution in [0.2, 0.25) is 0 Å². The number of hydrogen-bond acceptors (Lipinski definition) is 3. The average molecular weight is 221 g/mol. The van der Waals surface area contributed by atoms with Gasteiger partial charge in [0.2, 0.25) is 0 Å². The second-order valence-electron chi connectivity index (χ2n) is 3.25. The van der Waals surface area contributed by atoms with Crippen molar-refractivity contribution in [2.75, 3.05) is 21.1 Å². The summed E-state index contributed by atoms with van der Waals surface area (Å²) in [7, 11) is 5.59. The van der Waals surface area contributed by atoms with E-state index in [2.05, 4.69) is 10.5 Å². The van der Waals surface area contributed by atoms with Gasteiger partial charge in [0.15, 0.2) is 0 Å². The van der Waals surface area contributed by atoms with Crippen LogP contribution in [0.3, 0.4) is 0 Å². The Morgan fingerprint density at radius 3 is 2.33 bits per heavy atom. The van der Waals surface area contributed by atoms with Crippen LogP contribution < -0.4 is 5.43 Å². The number of likely N-dealkylation sites (N-methyl/N-ethyl adjacent to an activating group) is 1. The normalized spacial score (nSPS) is 11.0. The molecular formula is C11H15N3S. The van der Waals surface area contributed by atoms with Crippen LogP contribution in [-0.4, -0.2) is 36.7 Å². The predicted octanol–water partition coefficient (Wildman–Crippen LogP) is 1.50. The SMILES string of the molecule is CN/N=C(\C(=S)N(C)C)c1ccccc1. The van der Waals surface area contributed by atoms with Gasteiger partial charge in [-0.15, -0.1) is 0 Å². The first-order chi connectivity index (χ1) is 7.16. The Balaban J connectivity index is 3.05. The monoisotopic (exact) mass is 221 g/mol. The Morgan fingerprint density at radius 1 is 1.27 bits per heavy atom. The highest BCUT2D eigenvalue weighted by Gasteiger charge is 2.11. The lowest BCUT2D eigenvalue weighted by molar-refractivity contribution is 0.642. The zero-order valence-corrected chi connectivity index (χ0v) is 10.0. The lowest BCUT2D eigenvalue weighted by atomic mass is 10.1. The molecule has 1 aromatic rings. The van der Waals surface area contributed by atoms with Crippen molar-refractivity contribution in [2.24, 2.45) is 5.10 Å². The molecule has 0 aliphatic heterocycles. The van der Waals surface area contributed by atoms with E-state index >= 15 is 0 Å². The second-order valence-corrected chi connectivity index (χ2v) is 3.64. The molecule has 1 aromatic carbocycles. The highest BCUT2D eigenvalue weighted by Crippen LogP contribution is 2.04. The maximum absolute atomic E-state index is 5.30. The van der Waals surface area contributed by atoms with Gasteiger partial charge < -0.3 is 10.3 Å². The lowest BCUT2D eigenvalue weighted by Gasteiger charge is -2.15. The molecule has 0 aliphatic rings. The van der Waals surface area contributed by atoms with Crippen molar-refractivity contribution < 1.29 is 0 Å². The third-order valence-electron chi connectivity index (χ3n) is 1.88. The fraction of sp³-hybridized carbons (Fsp3) is 0.273. The maximum Gasteiger partial charge on any atom is 0.129 e. The van der Waals surface area contributed by atoms with E-state index in [0.29, 0.717) is 0 Å². The third kappa shape index (κ3) is 3.02. The Kier molecular flexibility index (Phi) is 4.24. The Bertz CT molecular complexity index is 357. The zero-order chi connectivity index (χ0) is 11.3. The van der Waals surface area contributed by atoms with Crippen molar-refractivity contribution in [3.63, 3.8) is 0 Å². The van der Waals surface area contributed by atoms with E-state index in [1.165, 1.54) is 0 Å². The standard InChI is InChI=1S/C11H15N3S/c1-12-13-10(11(15)14(2)3)9-7-5-4-6-8-9/h4-8,12H,1-3H3/b13-10-. The van der Waals surface area contributed by atoms with Crippen LogP contribution >= 0.6 is 12.2 Å². The van der Waals surface area contributed by atoms with Gasteiger partial charge in [0.25, 0.3) is 0 Å². The predicted molar refractivity (Wildman–Crippen MR) is 68.3 cm³/mol. The molecule has 4 heteroatoms. The van der Waals surface area contributed by atoms with Gasteiger partial charge in [0.05, 0.1) is 0 Å². The summed E-state index contributed by atoms with van der Waals surface area (Å²) in [5.41, 5.74) is 4.58. The van der Waals surface area contributed by atoms with Crippen LogP contribution in [0.25, 0.3) is 0 Å². The van der Waals surface area contributed by atoms with Crippen LogP contribution in [0.5, 0.6) is 0 Å². The molecule has 80 valence electrons. The zero-order valence-electron chi connectivity index (χ0n) is 9.19. The Labute approximate surface area is 95.8 Å². The average Bonchev–Trinajstić information content (AvgIpc) is 2.26. The smallest absolute Gasteiger partial charge is 0.129 e. The molecule has 0 unspecified atom stereocenters. The van der Waals surface area contributed by atoms with Crippen molar-refractivity contribution >= 4 is 22.9 Å². The van der Waals surface area contributed by atoms with Gasteiger partial charge in [-0.25, -0.2) is 0 Å². The molecule has 0 atom stereocenters. The number of nitrogens with zero attached hydrogens (tertiary/aromatic N) is 2. The van der Waals surface area contributed by atoms with E-state index in [0.717, 1.165) is 16.3 Å². The van der Waals surface area contributed by atoms with Crippen molar-refractivity contribution in [1.82, 2.24) is 10.3 Å². The highest BCUT2D eigenvalue weighted by molar-refractivity contribution is 7.82. The first-order valence-corrected chi connectivity index (χ1v) is 5.09. The van der Waals surface area contributed by atoms with E-state index in [4.69, 9.17) is 12.2 Å². The first kappa shape index (κ1) is 11.7. The van der Waals surface area contributed by atoms with Crippen molar-refractivity contribution in [1.29, 1.82) is 0 Å². The first-order valence-electron chi connectivity index (χ1n) is 4.68. The van der Waals surface area contributed by atoms with Gasteiger partial charge in [-0.3, -0.25) is 0 Å². The number of rotatable bonds is 3. The summed E-state index contributed by atoms with van der Waals surface area (Å²) in [5.74, 6) is 0. The molecule has 0 heterocycles. The topological polar surface area (TPSA) is 27.6 Å². The minimum atomic E-state index is 0.718. The minimum absolute atomic E-state index is 0.718. The summed E-state index contributed by atoms with van der Waals surface area (Å²) in [6, 6.07) is 9.90. The molecule has 0 spiro atoms. The van der Waals surface area contributed by atoms with Crippen LogP contribution in [0.1, 0.15) is 5.56 Å². The van der Waals surface area contributed by atoms with E-state index in [-0.39, 0.29) is 0 Å². The van der Waals surface area contributed by atoms with Crippen LogP contribution in [-0.2, 0) is 0 Å². The van der Waals surface area contributed by atoms with E-state index < -0.39 is 0 Å². The molecule has 0 fully saturated rings. The molecule has 0 saturated heterocycles. The van der Waals surface area contributed by atoms with Crippen molar-refractivity contribution in [3.8, 4) is 0 Å². The summed E-state index contributed by atoms with van der Waals surface area (Å²) in [4.78, 5) is 2.59. The summed E-state index contributed by atoms with van der Waals surface area (Å²) in [6.07, 6.45) is 0. The minimum Gasteiger partial charge on any atom is -0.367 e. The third-order valence-corrected chi connectivity index (χ3v) is 2.44. The molecule has 0 aromatic heterocycles. The molecular weight excluding hydrogens is 206 g/mol. The number of hydrogen-bond donors (Lipinski definition) is 1. The molecule has 1 rings (SSSR count). The summed E-state index contributed by atoms with van der Waals surface area (Å²) >= 11 is 5.30. The molecule has 0 aliphatic carbocycles. The quantitative estimate of drug-likeness (QED) is 0.476. The summed E-state index contributed by atoms with van der Waals surface area (Å²) < 4.78 is 0. The largest absolute Gasteiger partial charge is 0.367 e. The molecule has 0 saturated carbocycles. The molecule has 0 amide bonds. The van der Waals surface area contributed by atoms with Gasteiger partial charge in [-0.05, 0) is 0 Å². The lowest BCUT2D eigenvalue weighted by Crippen LogP contribution is -2.30.